The number of hydrogen-bond donors (Lipinski definition) is 2. The number of carbonyl (C=O) groups excluding carboxylic acids is 1. The molecule has 14 heavy (non-hydrogen) atoms. The highest BCUT2D eigenvalue weighted by Crippen LogP contribution is 2.34. The monoisotopic (exact) mass is 200 g/mol. The van der Waals surface area contributed by atoms with Crippen LogP contribution in [-0.4, -0.2) is 31.2 Å². The van der Waals surface area contributed by atoms with Gasteiger partial charge >= 0.3 is 0 Å². The molecular weight excluding hydrogens is 180 g/mol. The van der Waals surface area contributed by atoms with Gasteiger partial charge in [-0.1, -0.05) is 6.92 Å². The molecule has 0 spiro atoms. The van der Waals surface area contributed by atoms with Crippen molar-refractivity contribution in [2.75, 3.05) is 13.7 Å². The third-order valence-electron chi connectivity index (χ3n) is 3.06. The Morgan fingerprint density at radius 1 is 1.64 bits per heavy atom. The topological polar surface area (TPSA) is 64.4 Å². The Bertz CT molecular complexity index is 197. The second-order valence-corrected chi connectivity index (χ2v) is 3.97. The molecule has 0 aromatic carbocycles. The molecule has 1 aliphatic rings. The van der Waals surface area contributed by atoms with E-state index in [4.69, 9.17) is 10.5 Å². The van der Waals surface area contributed by atoms with Crippen molar-refractivity contribution < 1.29 is 9.53 Å². The second kappa shape index (κ2) is 4.75. The van der Waals surface area contributed by atoms with E-state index in [-0.39, 0.29) is 17.6 Å². The molecule has 1 atom stereocenters. The van der Waals surface area contributed by atoms with Crippen LogP contribution in [0, 0.1) is 0 Å². The normalized spacial score (nSPS) is 21.1. The fourth-order valence-corrected chi connectivity index (χ4v) is 1.59. The van der Waals surface area contributed by atoms with Crippen LogP contribution in [0.3, 0.4) is 0 Å². The van der Waals surface area contributed by atoms with Gasteiger partial charge in [0, 0.05) is 13.7 Å². The lowest BCUT2D eigenvalue weighted by Gasteiger charge is -2.40. The molecule has 1 fully saturated rings. The Hall–Kier alpha value is -0.610. The van der Waals surface area contributed by atoms with E-state index in [9.17, 15) is 4.79 Å². The van der Waals surface area contributed by atoms with Crippen molar-refractivity contribution in [2.45, 2.75) is 44.2 Å². The molecule has 0 saturated heterocycles. The number of nitrogens with one attached hydrogen (secondary N) is 1. The average Bonchev–Trinajstić information content (AvgIpc) is 2.15. The number of ether oxygens (including phenoxy) is 1. The van der Waals surface area contributed by atoms with Crippen LogP contribution in [-0.2, 0) is 9.53 Å². The largest absolute Gasteiger partial charge is 0.376 e. The lowest BCUT2D eigenvalue weighted by atomic mass is 9.80. The summed E-state index contributed by atoms with van der Waals surface area (Å²) < 4.78 is 5.38. The quantitative estimate of drug-likeness (QED) is 0.675. The van der Waals surface area contributed by atoms with Gasteiger partial charge in [-0.05, 0) is 25.7 Å². The summed E-state index contributed by atoms with van der Waals surface area (Å²) in [6.07, 6.45) is 3.92. The Balaban J connectivity index is 2.28. The summed E-state index contributed by atoms with van der Waals surface area (Å²) in [5.41, 5.74) is 5.49. The fourth-order valence-electron chi connectivity index (χ4n) is 1.59. The van der Waals surface area contributed by atoms with Gasteiger partial charge in [0.1, 0.15) is 0 Å². The van der Waals surface area contributed by atoms with Crippen LogP contribution in [0.5, 0.6) is 0 Å². The highest BCUT2D eigenvalue weighted by Gasteiger charge is 2.37. The standard InChI is InChI=1S/C10H20N2O2/c1-3-8(11)9(13)12-7-10(14-2)5-4-6-10/h8H,3-7,11H2,1-2H3,(H,12,13)/t8-/m0/s1. The highest BCUT2D eigenvalue weighted by atomic mass is 16.5. The van der Waals surface area contributed by atoms with E-state index in [0.29, 0.717) is 13.0 Å². The van der Waals surface area contributed by atoms with Crippen LogP contribution in [0.25, 0.3) is 0 Å². The highest BCUT2D eigenvalue weighted by molar-refractivity contribution is 5.81. The van der Waals surface area contributed by atoms with Crippen LogP contribution >= 0.6 is 0 Å². The lowest BCUT2D eigenvalue weighted by molar-refractivity contribution is -0.126. The van der Waals surface area contributed by atoms with Gasteiger partial charge in [-0.25, -0.2) is 0 Å². The summed E-state index contributed by atoms with van der Waals surface area (Å²) in [5.74, 6) is -0.0733. The average molecular weight is 200 g/mol. The predicted molar refractivity (Wildman–Crippen MR) is 54.9 cm³/mol. The van der Waals surface area contributed by atoms with Gasteiger partial charge in [0.05, 0.1) is 11.6 Å². The zero-order valence-electron chi connectivity index (χ0n) is 9.01. The zero-order valence-corrected chi connectivity index (χ0v) is 9.01. The van der Waals surface area contributed by atoms with Gasteiger partial charge in [-0.15, -0.1) is 0 Å². The number of carbonyl (C=O) groups is 1. The second-order valence-electron chi connectivity index (χ2n) is 3.97. The maximum Gasteiger partial charge on any atom is 0.237 e. The molecule has 0 unspecified atom stereocenters. The summed E-state index contributed by atoms with van der Waals surface area (Å²) in [6.45, 7) is 2.50. The molecule has 0 aliphatic heterocycles. The van der Waals surface area contributed by atoms with E-state index >= 15 is 0 Å². The Morgan fingerprint density at radius 2 is 2.29 bits per heavy atom. The zero-order chi connectivity index (χ0) is 10.6. The molecule has 1 saturated carbocycles. The Morgan fingerprint density at radius 3 is 2.64 bits per heavy atom. The molecule has 0 aromatic rings. The van der Waals surface area contributed by atoms with Gasteiger partial charge in [-0.3, -0.25) is 4.79 Å². The minimum absolute atomic E-state index is 0.0733. The van der Waals surface area contributed by atoms with Crippen molar-refractivity contribution in [1.29, 1.82) is 0 Å². The molecule has 0 aromatic heterocycles. The summed E-state index contributed by atoms with van der Waals surface area (Å²) in [5, 5.41) is 2.84. The predicted octanol–water partition coefficient (Wildman–Crippen LogP) is 0.409. The van der Waals surface area contributed by atoms with Gasteiger partial charge in [0.2, 0.25) is 5.91 Å². The maximum absolute atomic E-state index is 11.4. The summed E-state index contributed by atoms with van der Waals surface area (Å²) in [4.78, 5) is 11.4. The van der Waals surface area contributed by atoms with Crippen LogP contribution in [0.1, 0.15) is 32.6 Å². The first-order valence-electron chi connectivity index (χ1n) is 5.22. The molecule has 1 aliphatic carbocycles. The lowest BCUT2D eigenvalue weighted by Crippen LogP contribution is -2.52. The van der Waals surface area contributed by atoms with E-state index in [1.165, 1.54) is 6.42 Å². The molecule has 0 radical (unpaired) electrons. The SMILES string of the molecule is CC[C@H](N)C(=O)NCC1(OC)CCC1. The van der Waals surface area contributed by atoms with Gasteiger partial charge in [0.15, 0.2) is 0 Å². The number of rotatable bonds is 5. The van der Waals surface area contributed by atoms with Crippen LogP contribution in [0.4, 0.5) is 0 Å². The number of methoxy groups -OCH3 is 1. The van der Waals surface area contributed by atoms with E-state index in [2.05, 4.69) is 5.32 Å². The van der Waals surface area contributed by atoms with Crippen molar-refractivity contribution in [2.24, 2.45) is 5.73 Å². The molecule has 82 valence electrons. The summed E-state index contributed by atoms with van der Waals surface area (Å²) in [6, 6.07) is -0.385. The van der Waals surface area contributed by atoms with Gasteiger partial charge in [0.25, 0.3) is 0 Å². The van der Waals surface area contributed by atoms with Crippen molar-refractivity contribution in [1.82, 2.24) is 5.32 Å². The molecule has 4 nitrogen and oxygen atoms in total. The molecule has 1 rings (SSSR count). The maximum atomic E-state index is 11.4. The van der Waals surface area contributed by atoms with Crippen molar-refractivity contribution in [3.63, 3.8) is 0 Å². The number of nitrogens with two attached hydrogens (primary N) is 1. The molecule has 0 heterocycles. The van der Waals surface area contributed by atoms with Crippen LogP contribution < -0.4 is 11.1 Å². The summed E-state index contributed by atoms with van der Waals surface area (Å²) in [7, 11) is 1.70. The fraction of sp³-hybridized carbons (Fsp3) is 0.900. The minimum Gasteiger partial charge on any atom is -0.376 e. The molecular formula is C10H20N2O2. The number of amides is 1. The molecule has 0 bridgehead atoms. The molecule has 3 N–H and O–H groups in total. The number of hydrogen-bond acceptors (Lipinski definition) is 3. The first-order chi connectivity index (χ1) is 6.63. The van der Waals surface area contributed by atoms with E-state index < -0.39 is 0 Å². The van der Waals surface area contributed by atoms with Gasteiger partial charge < -0.3 is 15.8 Å². The summed E-state index contributed by atoms with van der Waals surface area (Å²) >= 11 is 0. The molecule has 4 heteroatoms. The van der Waals surface area contributed by atoms with Gasteiger partial charge in [-0.2, -0.15) is 0 Å². The Labute approximate surface area is 85.2 Å². The van der Waals surface area contributed by atoms with Crippen molar-refractivity contribution in [3.05, 3.63) is 0 Å². The Kier molecular flexibility index (Phi) is 3.89. The van der Waals surface area contributed by atoms with Crippen LogP contribution in [0.2, 0.25) is 0 Å². The minimum atomic E-state index is -0.385. The smallest absolute Gasteiger partial charge is 0.237 e. The van der Waals surface area contributed by atoms with Crippen LogP contribution in [0.15, 0.2) is 0 Å². The van der Waals surface area contributed by atoms with Crippen molar-refractivity contribution in [3.8, 4) is 0 Å². The first kappa shape index (κ1) is 11.5. The first-order valence-corrected chi connectivity index (χ1v) is 5.22. The van der Waals surface area contributed by atoms with E-state index in [1.807, 2.05) is 6.92 Å². The third kappa shape index (κ3) is 2.45. The van der Waals surface area contributed by atoms with E-state index in [0.717, 1.165) is 12.8 Å². The third-order valence-corrected chi connectivity index (χ3v) is 3.06. The van der Waals surface area contributed by atoms with Crippen molar-refractivity contribution >= 4 is 5.91 Å². The molecule has 1 amide bonds. The van der Waals surface area contributed by atoms with E-state index in [1.54, 1.807) is 7.11 Å².